The second-order valence-corrected chi connectivity index (χ2v) is 9.47. The number of amides is 3. The van der Waals surface area contributed by atoms with Crippen LogP contribution in [-0.4, -0.2) is 36.9 Å². The van der Waals surface area contributed by atoms with Crippen LogP contribution in [0, 0.1) is 11.7 Å². The topological polar surface area (TPSA) is 87.3 Å². The second kappa shape index (κ2) is 11.6. The maximum atomic E-state index is 13.2. The Morgan fingerprint density at radius 3 is 2.15 bits per heavy atom. The second-order valence-electron chi connectivity index (χ2n) is 9.47. The molecule has 0 bridgehead atoms. The fourth-order valence-electron chi connectivity index (χ4n) is 3.27. The van der Waals surface area contributed by atoms with Crippen LogP contribution in [0.25, 0.3) is 0 Å². The lowest BCUT2D eigenvalue weighted by Crippen LogP contribution is -2.50. The Morgan fingerprint density at radius 1 is 0.939 bits per heavy atom. The molecule has 2 aromatic carbocycles. The van der Waals surface area contributed by atoms with E-state index in [1.165, 1.54) is 12.1 Å². The van der Waals surface area contributed by atoms with Crippen LogP contribution < -0.4 is 16.0 Å². The third-order valence-electron chi connectivity index (χ3n) is 5.25. The van der Waals surface area contributed by atoms with E-state index in [0.717, 1.165) is 5.56 Å². The Morgan fingerprint density at radius 2 is 1.58 bits per heavy atom. The van der Waals surface area contributed by atoms with Gasteiger partial charge < -0.3 is 16.0 Å². The number of benzene rings is 2. The summed E-state index contributed by atoms with van der Waals surface area (Å²) in [7, 11) is 0. The number of carbonyl (C=O) groups is 3. The first-order valence-corrected chi connectivity index (χ1v) is 11.2. The van der Waals surface area contributed by atoms with Crippen molar-refractivity contribution in [3.8, 4) is 0 Å². The lowest BCUT2D eigenvalue weighted by atomic mass is 9.86. The van der Waals surface area contributed by atoms with Crippen LogP contribution in [0.15, 0.2) is 48.5 Å². The van der Waals surface area contributed by atoms with E-state index in [0.29, 0.717) is 11.1 Å². The quantitative estimate of drug-likeness (QED) is 0.507. The van der Waals surface area contributed by atoms with E-state index in [-0.39, 0.29) is 54.4 Å². The van der Waals surface area contributed by atoms with E-state index >= 15 is 0 Å². The van der Waals surface area contributed by atoms with Crippen LogP contribution in [0.1, 0.15) is 56.1 Å². The molecule has 0 aliphatic heterocycles. The van der Waals surface area contributed by atoms with Gasteiger partial charge in [0.2, 0.25) is 11.8 Å². The van der Waals surface area contributed by atoms with Crippen LogP contribution in [-0.2, 0) is 21.4 Å². The molecule has 2 rings (SSSR count). The maximum Gasteiger partial charge on any atom is 0.251 e. The Labute approximate surface area is 195 Å². The van der Waals surface area contributed by atoms with Gasteiger partial charge in [0.05, 0.1) is 6.42 Å². The average Bonchev–Trinajstić information content (AvgIpc) is 2.74. The van der Waals surface area contributed by atoms with E-state index in [2.05, 4.69) is 36.7 Å². The Balaban J connectivity index is 1.83. The smallest absolute Gasteiger partial charge is 0.251 e. The van der Waals surface area contributed by atoms with Gasteiger partial charge in [-0.05, 0) is 46.7 Å². The molecule has 33 heavy (non-hydrogen) atoms. The van der Waals surface area contributed by atoms with Crippen molar-refractivity contribution in [1.82, 2.24) is 16.0 Å². The van der Waals surface area contributed by atoms with Gasteiger partial charge in [-0.1, -0.05) is 58.9 Å². The summed E-state index contributed by atoms with van der Waals surface area (Å²) >= 11 is 0. The zero-order valence-electron chi connectivity index (χ0n) is 20.0. The first-order valence-electron chi connectivity index (χ1n) is 11.2. The van der Waals surface area contributed by atoms with Gasteiger partial charge in [-0.2, -0.15) is 0 Å². The Bertz CT molecular complexity index is 965. The number of nitrogens with one attached hydrogen (secondary N) is 3. The first-order chi connectivity index (χ1) is 15.5. The number of halogens is 1. The summed E-state index contributed by atoms with van der Waals surface area (Å²) in [5.74, 6) is -1.40. The molecule has 2 aromatic rings. The molecule has 0 aliphatic carbocycles. The van der Waals surface area contributed by atoms with Crippen molar-refractivity contribution in [3.05, 3.63) is 71.0 Å². The normalized spacial score (nSPS) is 12.2. The molecule has 0 aliphatic rings. The fourth-order valence-corrected chi connectivity index (χ4v) is 3.27. The van der Waals surface area contributed by atoms with Crippen molar-refractivity contribution in [2.24, 2.45) is 5.92 Å². The zero-order chi connectivity index (χ0) is 24.6. The summed E-state index contributed by atoms with van der Waals surface area (Å²) in [5, 5.41) is 8.25. The molecule has 6 nitrogen and oxygen atoms in total. The molecule has 178 valence electrons. The lowest BCUT2D eigenvalue weighted by Gasteiger charge is -2.22. The molecule has 7 heteroatoms. The maximum absolute atomic E-state index is 13.2. The minimum atomic E-state index is -0.706. The van der Waals surface area contributed by atoms with Crippen molar-refractivity contribution in [2.75, 3.05) is 13.1 Å². The lowest BCUT2D eigenvalue weighted by molar-refractivity contribution is -0.124. The number of carbonyl (C=O) groups excluding carboxylic acids is 3. The van der Waals surface area contributed by atoms with Crippen molar-refractivity contribution in [2.45, 2.75) is 52.5 Å². The molecule has 1 unspecified atom stereocenters. The molecule has 0 fully saturated rings. The Hall–Kier alpha value is -3.22. The summed E-state index contributed by atoms with van der Waals surface area (Å²) in [4.78, 5) is 37.3. The van der Waals surface area contributed by atoms with Crippen LogP contribution >= 0.6 is 0 Å². The highest BCUT2D eigenvalue weighted by Gasteiger charge is 2.24. The third-order valence-corrected chi connectivity index (χ3v) is 5.25. The highest BCUT2D eigenvalue weighted by atomic mass is 19.1. The summed E-state index contributed by atoms with van der Waals surface area (Å²) in [5.41, 5.74) is 2.18. The van der Waals surface area contributed by atoms with Crippen LogP contribution in [0.5, 0.6) is 0 Å². The summed E-state index contributed by atoms with van der Waals surface area (Å²) < 4.78 is 13.2. The standard InChI is InChI=1S/C26H34FN3O3/c1-17(2)23(30-24(32)19-9-11-20(12-10-19)26(3,4)5)25(33)29-14-13-28-22(31)16-18-7-6-8-21(27)15-18/h6-12,15,17,23H,13-14,16H2,1-5H3,(H,28,31)(H,29,33)(H,30,32). The van der Waals surface area contributed by atoms with E-state index < -0.39 is 6.04 Å². The molecular formula is C26H34FN3O3. The van der Waals surface area contributed by atoms with Gasteiger partial charge >= 0.3 is 0 Å². The van der Waals surface area contributed by atoms with Gasteiger partial charge in [0.25, 0.3) is 5.91 Å². The molecule has 1 atom stereocenters. The highest BCUT2D eigenvalue weighted by Crippen LogP contribution is 2.22. The van der Waals surface area contributed by atoms with Gasteiger partial charge in [-0.25, -0.2) is 4.39 Å². The fraction of sp³-hybridized carbons (Fsp3) is 0.423. The minimum absolute atomic E-state index is 0.0118. The summed E-state index contributed by atoms with van der Waals surface area (Å²) in [6, 6.07) is 12.5. The van der Waals surface area contributed by atoms with Crippen molar-refractivity contribution < 1.29 is 18.8 Å². The zero-order valence-corrected chi connectivity index (χ0v) is 20.0. The van der Waals surface area contributed by atoms with Gasteiger partial charge in [0.15, 0.2) is 0 Å². The number of hydrogen-bond acceptors (Lipinski definition) is 3. The molecule has 3 N–H and O–H groups in total. The monoisotopic (exact) mass is 455 g/mol. The third kappa shape index (κ3) is 8.33. The minimum Gasteiger partial charge on any atom is -0.354 e. The van der Waals surface area contributed by atoms with Gasteiger partial charge in [0, 0.05) is 18.7 Å². The van der Waals surface area contributed by atoms with Gasteiger partial charge in [0.1, 0.15) is 11.9 Å². The highest BCUT2D eigenvalue weighted by molar-refractivity contribution is 5.97. The number of rotatable bonds is 9. The van der Waals surface area contributed by atoms with E-state index in [1.54, 1.807) is 24.3 Å². The van der Waals surface area contributed by atoms with Gasteiger partial charge in [-0.15, -0.1) is 0 Å². The van der Waals surface area contributed by atoms with E-state index in [9.17, 15) is 18.8 Å². The van der Waals surface area contributed by atoms with Crippen molar-refractivity contribution >= 4 is 17.7 Å². The molecule has 3 amide bonds. The van der Waals surface area contributed by atoms with E-state index in [1.807, 2.05) is 26.0 Å². The summed E-state index contributed by atoms with van der Waals surface area (Å²) in [6.45, 7) is 10.5. The SMILES string of the molecule is CC(C)C(NC(=O)c1ccc(C(C)(C)C)cc1)C(=O)NCCNC(=O)Cc1cccc(F)c1. The van der Waals surface area contributed by atoms with Crippen LogP contribution in [0.2, 0.25) is 0 Å². The van der Waals surface area contributed by atoms with Crippen LogP contribution in [0.4, 0.5) is 4.39 Å². The molecule has 0 heterocycles. The largest absolute Gasteiger partial charge is 0.354 e. The summed E-state index contributed by atoms with van der Waals surface area (Å²) in [6.07, 6.45) is 0.0599. The predicted octanol–water partition coefficient (Wildman–Crippen LogP) is 3.35. The van der Waals surface area contributed by atoms with Crippen molar-refractivity contribution in [1.29, 1.82) is 0 Å². The van der Waals surface area contributed by atoms with Crippen molar-refractivity contribution in [3.63, 3.8) is 0 Å². The average molecular weight is 456 g/mol. The molecule has 0 radical (unpaired) electrons. The Kier molecular flexibility index (Phi) is 9.14. The molecular weight excluding hydrogens is 421 g/mol. The molecule has 0 saturated carbocycles. The van der Waals surface area contributed by atoms with E-state index in [4.69, 9.17) is 0 Å². The molecule has 0 saturated heterocycles. The first kappa shape index (κ1) is 26.0. The van der Waals surface area contributed by atoms with Crippen LogP contribution in [0.3, 0.4) is 0 Å². The molecule has 0 aromatic heterocycles. The number of hydrogen-bond donors (Lipinski definition) is 3. The molecule has 0 spiro atoms. The predicted molar refractivity (Wildman–Crippen MR) is 127 cm³/mol. The van der Waals surface area contributed by atoms with Gasteiger partial charge in [-0.3, -0.25) is 14.4 Å².